The highest BCUT2D eigenvalue weighted by Crippen LogP contribution is 2.38. The normalized spacial score (nSPS) is 12.4. The molecule has 1 N–H and O–H groups in total. The lowest BCUT2D eigenvalue weighted by atomic mass is 10.1. The van der Waals surface area contributed by atoms with Gasteiger partial charge in [0.1, 0.15) is 5.60 Å². The third-order valence-electron chi connectivity index (χ3n) is 4.39. The molecular weight excluding hydrogens is 377 g/mol. The number of carbonyl (C=O) groups excluding carboxylic acids is 1. The minimum Gasteiger partial charge on any atom is -0.444 e. The first kappa shape index (κ1) is 21.1. The largest absolute Gasteiger partial charge is 0.444 e. The minimum absolute atomic E-state index is 0.141. The van der Waals surface area contributed by atoms with Gasteiger partial charge in [-0.25, -0.2) is 4.79 Å². The van der Waals surface area contributed by atoms with E-state index in [-0.39, 0.29) is 12.1 Å². The SMILES string of the molecule is CC(C)(C)OC(=O)N[C@H](CP(c1ccccc1)c1ccccc1)c1ccccc1. The van der Waals surface area contributed by atoms with Gasteiger partial charge in [0.25, 0.3) is 0 Å². The van der Waals surface area contributed by atoms with Crippen molar-refractivity contribution in [2.24, 2.45) is 0 Å². The molecule has 0 fully saturated rings. The van der Waals surface area contributed by atoms with Crippen molar-refractivity contribution in [1.82, 2.24) is 5.32 Å². The molecule has 3 nitrogen and oxygen atoms in total. The Hall–Kier alpha value is -2.64. The quantitative estimate of drug-likeness (QED) is 0.559. The number of rotatable bonds is 6. The Morgan fingerprint density at radius 3 is 1.72 bits per heavy atom. The molecule has 3 aromatic carbocycles. The number of ether oxygens (including phenoxy) is 1. The van der Waals surface area contributed by atoms with E-state index in [0.29, 0.717) is 0 Å². The van der Waals surface area contributed by atoms with Gasteiger partial charge >= 0.3 is 6.09 Å². The second-order valence-corrected chi connectivity index (χ2v) is 10.1. The summed E-state index contributed by atoms with van der Waals surface area (Å²) in [6.07, 6.45) is 0.412. The summed E-state index contributed by atoms with van der Waals surface area (Å²) in [5.41, 5.74) is 0.548. The summed E-state index contributed by atoms with van der Waals surface area (Å²) in [4.78, 5) is 12.6. The van der Waals surface area contributed by atoms with Gasteiger partial charge in [-0.3, -0.25) is 0 Å². The van der Waals surface area contributed by atoms with Crippen LogP contribution in [0.25, 0.3) is 0 Å². The molecule has 1 atom stereocenters. The molecule has 0 aromatic heterocycles. The van der Waals surface area contributed by atoms with Gasteiger partial charge < -0.3 is 10.1 Å². The number of alkyl carbamates (subject to hydrolysis) is 1. The number of hydrogen-bond acceptors (Lipinski definition) is 2. The summed E-state index contributed by atoms with van der Waals surface area (Å²) in [6.45, 7) is 5.64. The zero-order chi connectivity index (χ0) is 20.7. The molecule has 0 heterocycles. The van der Waals surface area contributed by atoms with Crippen LogP contribution in [0.4, 0.5) is 4.79 Å². The van der Waals surface area contributed by atoms with Crippen molar-refractivity contribution in [2.45, 2.75) is 32.4 Å². The summed E-state index contributed by atoms with van der Waals surface area (Å²) in [7, 11) is -0.648. The van der Waals surface area contributed by atoms with Crippen LogP contribution >= 0.6 is 7.92 Å². The summed E-state index contributed by atoms with van der Waals surface area (Å²) >= 11 is 0. The smallest absolute Gasteiger partial charge is 0.408 e. The van der Waals surface area contributed by atoms with E-state index in [4.69, 9.17) is 4.74 Å². The molecule has 3 aromatic rings. The zero-order valence-corrected chi connectivity index (χ0v) is 18.1. The van der Waals surface area contributed by atoms with Crippen LogP contribution in [0.15, 0.2) is 91.0 Å². The predicted molar refractivity (Wildman–Crippen MR) is 122 cm³/mol. The molecular formula is C25H28NO2P. The molecule has 0 saturated carbocycles. The van der Waals surface area contributed by atoms with E-state index < -0.39 is 13.5 Å². The van der Waals surface area contributed by atoms with Gasteiger partial charge in [0.05, 0.1) is 6.04 Å². The molecule has 29 heavy (non-hydrogen) atoms. The lowest BCUT2D eigenvalue weighted by molar-refractivity contribution is 0.0509. The number of benzene rings is 3. The van der Waals surface area contributed by atoms with E-state index in [9.17, 15) is 4.79 Å². The van der Waals surface area contributed by atoms with Crippen LogP contribution < -0.4 is 15.9 Å². The summed E-state index contributed by atoms with van der Waals surface area (Å²) in [5.74, 6) is 0. The lowest BCUT2D eigenvalue weighted by Gasteiger charge is -2.28. The topological polar surface area (TPSA) is 38.3 Å². The first-order chi connectivity index (χ1) is 13.9. The lowest BCUT2D eigenvalue weighted by Crippen LogP contribution is -2.37. The van der Waals surface area contributed by atoms with Crippen molar-refractivity contribution < 1.29 is 9.53 Å². The number of carbonyl (C=O) groups is 1. The Kier molecular flexibility index (Phi) is 7.06. The van der Waals surface area contributed by atoms with Crippen LogP contribution in [-0.2, 0) is 4.74 Å². The van der Waals surface area contributed by atoms with Gasteiger partial charge in [0, 0.05) is 6.16 Å². The van der Waals surface area contributed by atoms with Crippen molar-refractivity contribution in [2.75, 3.05) is 6.16 Å². The van der Waals surface area contributed by atoms with Crippen molar-refractivity contribution >= 4 is 24.6 Å². The maximum Gasteiger partial charge on any atom is 0.408 e. The average molecular weight is 405 g/mol. The van der Waals surface area contributed by atoms with E-state index >= 15 is 0 Å². The Morgan fingerprint density at radius 1 is 0.828 bits per heavy atom. The predicted octanol–water partition coefficient (Wildman–Crippen LogP) is 5.39. The first-order valence-electron chi connectivity index (χ1n) is 9.84. The fourth-order valence-corrected chi connectivity index (χ4v) is 5.58. The molecule has 0 radical (unpaired) electrons. The maximum atomic E-state index is 12.6. The van der Waals surface area contributed by atoms with E-state index in [1.807, 2.05) is 51.1 Å². The molecule has 150 valence electrons. The molecule has 4 heteroatoms. The number of amides is 1. The molecule has 1 amide bonds. The van der Waals surface area contributed by atoms with Crippen molar-refractivity contribution in [1.29, 1.82) is 0 Å². The summed E-state index contributed by atoms with van der Waals surface area (Å²) < 4.78 is 5.54. The highest BCUT2D eigenvalue weighted by atomic mass is 31.1. The van der Waals surface area contributed by atoms with Gasteiger partial charge in [-0.1, -0.05) is 91.0 Å². The zero-order valence-electron chi connectivity index (χ0n) is 17.2. The van der Waals surface area contributed by atoms with Crippen LogP contribution in [0, 0.1) is 0 Å². The maximum absolute atomic E-state index is 12.6. The molecule has 0 aliphatic heterocycles. The standard InChI is InChI=1S/C25H28NO2P/c1-25(2,3)28-24(27)26-23(20-13-7-4-8-14-20)19-29(21-15-9-5-10-16-21)22-17-11-6-12-18-22/h4-18,23H,19H2,1-3H3,(H,26,27)/t23-/m1/s1. The van der Waals surface area contributed by atoms with Gasteiger partial charge in [0.2, 0.25) is 0 Å². The van der Waals surface area contributed by atoms with E-state index in [1.54, 1.807) is 0 Å². The van der Waals surface area contributed by atoms with Gasteiger partial charge in [-0.2, -0.15) is 0 Å². The Morgan fingerprint density at radius 2 is 1.28 bits per heavy atom. The van der Waals surface area contributed by atoms with Crippen molar-refractivity contribution in [3.63, 3.8) is 0 Å². The van der Waals surface area contributed by atoms with Crippen molar-refractivity contribution in [3.05, 3.63) is 96.6 Å². The number of nitrogens with one attached hydrogen (secondary N) is 1. The Balaban J connectivity index is 1.92. The average Bonchev–Trinajstić information content (AvgIpc) is 2.71. The Labute approximate surface area is 174 Å². The van der Waals surface area contributed by atoms with Crippen LogP contribution in [0.3, 0.4) is 0 Å². The first-order valence-corrected chi connectivity index (χ1v) is 11.4. The monoisotopic (exact) mass is 405 g/mol. The Bertz CT molecular complexity index is 853. The van der Waals surface area contributed by atoms with Crippen molar-refractivity contribution in [3.8, 4) is 0 Å². The van der Waals surface area contributed by atoms with Gasteiger partial charge in [-0.05, 0) is 44.9 Å². The molecule has 3 rings (SSSR count). The second-order valence-electron chi connectivity index (χ2n) is 7.89. The third kappa shape index (κ3) is 6.44. The molecule has 0 unspecified atom stereocenters. The van der Waals surface area contributed by atoms with Gasteiger partial charge in [-0.15, -0.1) is 0 Å². The van der Waals surface area contributed by atoms with E-state index in [1.165, 1.54) is 10.6 Å². The third-order valence-corrected chi connectivity index (χ3v) is 6.97. The minimum atomic E-state index is -0.648. The van der Waals surface area contributed by atoms with Crippen LogP contribution in [0.1, 0.15) is 32.4 Å². The second kappa shape index (κ2) is 9.71. The van der Waals surface area contributed by atoms with Crippen LogP contribution in [0.2, 0.25) is 0 Å². The van der Waals surface area contributed by atoms with Crippen LogP contribution in [-0.4, -0.2) is 17.9 Å². The fourth-order valence-electron chi connectivity index (χ4n) is 3.13. The van der Waals surface area contributed by atoms with E-state index in [0.717, 1.165) is 11.7 Å². The molecule has 0 aliphatic rings. The van der Waals surface area contributed by atoms with Gasteiger partial charge in [0.15, 0.2) is 0 Å². The highest BCUT2D eigenvalue weighted by Gasteiger charge is 2.25. The molecule has 0 aliphatic carbocycles. The van der Waals surface area contributed by atoms with E-state index in [2.05, 4.69) is 66.0 Å². The highest BCUT2D eigenvalue weighted by molar-refractivity contribution is 7.73. The van der Waals surface area contributed by atoms with Crippen LogP contribution in [0.5, 0.6) is 0 Å². The number of hydrogen-bond donors (Lipinski definition) is 1. The summed E-state index contributed by atoms with van der Waals surface area (Å²) in [5, 5.41) is 5.70. The summed E-state index contributed by atoms with van der Waals surface area (Å²) in [6, 6.07) is 31.1. The molecule has 0 bridgehead atoms. The fraction of sp³-hybridized carbons (Fsp3) is 0.240. The molecule has 0 spiro atoms. The molecule has 0 saturated heterocycles.